The monoisotopic (exact) mass is 226 g/mol. The summed E-state index contributed by atoms with van der Waals surface area (Å²) in [6.45, 7) is 2.27. The van der Waals surface area contributed by atoms with E-state index in [0.717, 1.165) is 5.92 Å². The molecule has 0 saturated heterocycles. The number of hydrogen-bond acceptors (Lipinski definition) is 2. The fraction of sp³-hybridized carbons (Fsp3) is 1.00. The van der Waals surface area contributed by atoms with Gasteiger partial charge in [-0.15, -0.1) is 0 Å². The van der Waals surface area contributed by atoms with Crippen molar-refractivity contribution in [3.05, 3.63) is 0 Å². The molecule has 0 spiro atoms. The fourth-order valence-corrected chi connectivity index (χ4v) is 2.33. The van der Waals surface area contributed by atoms with E-state index >= 15 is 0 Å². The van der Waals surface area contributed by atoms with E-state index in [0.29, 0.717) is 6.04 Å². The largest absolute Gasteiger partial charge is 0.271 e. The molecule has 96 valence electrons. The number of nitrogens with one attached hydrogen (secondary N) is 1. The highest BCUT2D eigenvalue weighted by molar-refractivity contribution is 4.76. The van der Waals surface area contributed by atoms with Crippen molar-refractivity contribution in [1.82, 2.24) is 5.43 Å². The SMILES string of the molecule is CCCCCCCCC(CCC1CC1)NN. The molecule has 1 aliphatic rings. The number of nitrogens with two attached hydrogens (primary N) is 1. The minimum atomic E-state index is 0.576. The molecule has 1 aliphatic carbocycles. The summed E-state index contributed by atoms with van der Waals surface area (Å²) in [5.41, 5.74) is 2.99. The van der Waals surface area contributed by atoms with E-state index in [1.54, 1.807) is 0 Å². The lowest BCUT2D eigenvalue weighted by Crippen LogP contribution is -2.35. The molecule has 1 unspecified atom stereocenters. The lowest BCUT2D eigenvalue weighted by Gasteiger charge is -2.15. The van der Waals surface area contributed by atoms with E-state index in [1.165, 1.54) is 70.6 Å². The van der Waals surface area contributed by atoms with Crippen molar-refractivity contribution in [2.75, 3.05) is 0 Å². The van der Waals surface area contributed by atoms with Crippen molar-refractivity contribution in [2.24, 2.45) is 11.8 Å². The summed E-state index contributed by atoms with van der Waals surface area (Å²) < 4.78 is 0. The van der Waals surface area contributed by atoms with Crippen LogP contribution in [0.5, 0.6) is 0 Å². The zero-order chi connectivity index (χ0) is 11.6. The van der Waals surface area contributed by atoms with Gasteiger partial charge < -0.3 is 0 Å². The lowest BCUT2D eigenvalue weighted by atomic mass is 10.0. The summed E-state index contributed by atoms with van der Waals surface area (Å²) in [6, 6.07) is 0.576. The van der Waals surface area contributed by atoms with E-state index in [2.05, 4.69) is 12.3 Å². The van der Waals surface area contributed by atoms with E-state index in [1.807, 2.05) is 0 Å². The molecule has 0 amide bonds. The first kappa shape index (κ1) is 14.0. The average molecular weight is 226 g/mol. The third-order valence-electron chi connectivity index (χ3n) is 3.76. The Morgan fingerprint density at radius 1 is 1.06 bits per heavy atom. The Kier molecular flexibility index (Phi) is 7.87. The zero-order valence-corrected chi connectivity index (χ0v) is 11.0. The molecular weight excluding hydrogens is 196 g/mol. The molecule has 0 aliphatic heterocycles. The van der Waals surface area contributed by atoms with Gasteiger partial charge in [0.2, 0.25) is 0 Å². The van der Waals surface area contributed by atoms with Crippen molar-refractivity contribution in [2.45, 2.75) is 83.6 Å². The van der Waals surface area contributed by atoms with Gasteiger partial charge in [0.25, 0.3) is 0 Å². The zero-order valence-electron chi connectivity index (χ0n) is 11.0. The van der Waals surface area contributed by atoms with Gasteiger partial charge >= 0.3 is 0 Å². The van der Waals surface area contributed by atoms with Gasteiger partial charge in [0.05, 0.1) is 0 Å². The Labute approximate surface area is 101 Å². The van der Waals surface area contributed by atoms with Crippen molar-refractivity contribution in [1.29, 1.82) is 0 Å². The van der Waals surface area contributed by atoms with Gasteiger partial charge in [-0.25, -0.2) is 0 Å². The third kappa shape index (κ3) is 7.24. The molecule has 3 N–H and O–H groups in total. The smallest absolute Gasteiger partial charge is 0.0210 e. The van der Waals surface area contributed by atoms with Crippen LogP contribution >= 0.6 is 0 Å². The van der Waals surface area contributed by atoms with Gasteiger partial charge in [0.1, 0.15) is 0 Å². The molecule has 2 nitrogen and oxygen atoms in total. The number of hydrogen-bond donors (Lipinski definition) is 2. The molecule has 1 atom stereocenters. The van der Waals surface area contributed by atoms with Crippen LogP contribution in [0.15, 0.2) is 0 Å². The standard InChI is InChI=1S/C14H30N2/c1-2-3-4-5-6-7-8-14(16-15)12-11-13-9-10-13/h13-14,16H,2-12,15H2,1H3. The maximum absolute atomic E-state index is 5.59. The van der Waals surface area contributed by atoms with Crippen LogP contribution in [0.3, 0.4) is 0 Å². The van der Waals surface area contributed by atoms with Gasteiger partial charge in [-0.1, -0.05) is 58.3 Å². The van der Waals surface area contributed by atoms with Crippen molar-refractivity contribution in [3.8, 4) is 0 Å². The molecule has 0 radical (unpaired) electrons. The van der Waals surface area contributed by atoms with Crippen LogP contribution in [-0.2, 0) is 0 Å². The molecule has 1 saturated carbocycles. The molecule has 0 bridgehead atoms. The molecular formula is C14H30N2. The van der Waals surface area contributed by atoms with Crippen LogP contribution in [0, 0.1) is 5.92 Å². The summed E-state index contributed by atoms with van der Waals surface area (Å²) in [4.78, 5) is 0. The first-order chi connectivity index (χ1) is 7.86. The van der Waals surface area contributed by atoms with Crippen LogP contribution in [0.4, 0.5) is 0 Å². The molecule has 0 aromatic carbocycles. The summed E-state index contributed by atoms with van der Waals surface area (Å²) in [7, 11) is 0. The minimum Gasteiger partial charge on any atom is -0.271 e. The van der Waals surface area contributed by atoms with Crippen molar-refractivity contribution >= 4 is 0 Å². The Balaban J connectivity index is 1.87. The summed E-state index contributed by atoms with van der Waals surface area (Å²) in [5.74, 6) is 6.63. The number of rotatable bonds is 11. The first-order valence-electron chi connectivity index (χ1n) is 7.33. The van der Waals surface area contributed by atoms with Crippen molar-refractivity contribution in [3.63, 3.8) is 0 Å². The van der Waals surface area contributed by atoms with Crippen molar-refractivity contribution < 1.29 is 0 Å². The van der Waals surface area contributed by atoms with Gasteiger partial charge in [-0.05, 0) is 25.2 Å². The highest BCUT2D eigenvalue weighted by Crippen LogP contribution is 2.34. The second kappa shape index (κ2) is 9.00. The molecule has 0 aromatic heterocycles. The Morgan fingerprint density at radius 2 is 1.75 bits per heavy atom. The lowest BCUT2D eigenvalue weighted by molar-refractivity contribution is 0.419. The number of unbranched alkanes of at least 4 members (excludes halogenated alkanes) is 5. The predicted molar refractivity (Wildman–Crippen MR) is 71.1 cm³/mol. The molecule has 0 aromatic rings. The van der Waals surface area contributed by atoms with Gasteiger partial charge in [-0.2, -0.15) is 0 Å². The molecule has 16 heavy (non-hydrogen) atoms. The van der Waals surface area contributed by atoms with Gasteiger partial charge in [0.15, 0.2) is 0 Å². The van der Waals surface area contributed by atoms with E-state index < -0.39 is 0 Å². The Morgan fingerprint density at radius 3 is 2.38 bits per heavy atom. The highest BCUT2D eigenvalue weighted by atomic mass is 15.2. The summed E-state index contributed by atoms with van der Waals surface area (Å²) in [6.07, 6.45) is 15.2. The van der Waals surface area contributed by atoms with E-state index in [-0.39, 0.29) is 0 Å². The Hall–Kier alpha value is -0.0800. The van der Waals surface area contributed by atoms with Crippen LogP contribution in [0.2, 0.25) is 0 Å². The molecule has 1 fully saturated rings. The fourth-order valence-electron chi connectivity index (χ4n) is 2.33. The second-order valence-corrected chi connectivity index (χ2v) is 5.44. The third-order valence-corrected chi connectivity index (χ3v) is 3.76. The van der Waals surface area contributed by atoms with Gasteiger partial charge in [-0.3, -0.25) is 11.3 Å². The maximum atomic E-state index is 5.59. The van der Waals surface area contributed by atoms with Crippen LogP contribution in [0.1, 0.15) is 77.6 Å². The van der Waals surface area contributed by atoms with Crippen LogP contribution in [-0.4, -0.2) is 6.04 Å². The van der Waals surface area contributed by atoms with E-state index in [9.17, 15) is 0 Å². The summed E-state index contributed by atoms with van der Waals surface area (Å²) >= 11 is 0. The second-order valence-electron chi connectivity index (χ2n) is 5.44. The van der Waals surface area contributed by atoms with Gasteiger partial charge in [0, 0.05) is 6.04 Å². The molecule has 2 heteroatoms. The van der Waals surface area contributed by atoms with Crippen LogP contribution < -0.4 is 11.3 Å². The topological polar surface area (TPSA) is 38.0 Å². The molecule has 1 rings (SSSR count). The van der Waals surface area contributed by atoms with E-state index in [4.69, 9.17) is 5.84 Å². The first-order valence-corrected chi connectivity index (χ1v) is 7.33. The average Bonchev–Trinajstić information content (AvgIpc) is 3.11. The summed E-state index contributed by atoms with van der Waals surface area (Å²) in [5, 5.41) is 0. The Bertz CT molecular complexity index is 155. The van der Waals surface area contributed by atoms with Crippen LogP contribution in [0.25, 0.3) is 0 Å². The maximum Gasteiger partial charge on any atom is 0.0210 e. The normalized spacial score (nSPS) is 17.6. The minimum absolute atomic E-state index is 0.576. The molecule has 0 heterocycles. The predicted octanol–water partition coefficient (Wildman–Crippen LogP) is 3.76. The number of hydrazine groups is 1. The highest BCUT2D eigenvalue weighted by Gasteiger charge is 2.21. The quantitative estimate of drug-likeness (QED) is 0.320.